The van der Waals surface area contributed by atoms with Crippen LogP contribution in [-0.4, -0.2) is 132 Å². The number of ketones is 2. The molecule has 1 aromatic rings. The maximum Gasteiger partial charge on any atom is 0.242 e. The Kier molecular flexibility index (Phi) is 12.6. The number of hydrogen-bond donors (Lipinski definition) is 1. The Hall–Kier alpha value is -3.00. The highest BCUT2D eigenvalue weighted by Gasteiger charge is 2.65. The molecule has 0 radical (unpaired) electrons. The average Bonchev–Trinajstić information content (AvgIpc) is 3.67. The number of carbonyl (C=O) groups is 4. The molecule has 5 rings (SSSR count). The van der Waals surface area contributed by atoms with E-state index in [9.17, 15) is 24.3 Å². The number of aromatic nitrogens is 3. The predicted octanol–water partition coefficient (Wildman–Crippen LogP) is 2.86. The molecule has 0 bridgehead atoms. The molecule has 4 aliphatic carbocycles. The molecule has 51 heavy (non-hydrogen) atoms. The summed E-state index contributed by atoms with van der Waals surface area (Å²) >= 11 is 0. The zero-order valence-electron chi connectivity index (χ0n) is 31.7. The minimum Gasteiger partial charge on any atom is -0.383 e. The number of carbonyl (C=O) groups excluding carboxylic acids is 4. The van der Waals surface area contributed by atoms with E-state index in [2.05, 4.69) is 24.2 Å². The molecule has 0 aliphatic heterocycles. The van der Waals surface area contributed by atoms with E-state index in [4.69, 9.17) is 9.47 Å². The third-order valence-electron chi connectivity index (χ3n) is 13.0. The number of allylic oxidation sites excluding steroid dienone is 1. The third kappa shape index (κ3) is 8.16. The zero-order chi connectivity index (χ0) is 37.0. The van der Waals surface area contributed by atoms with Gasteiger partial charge >= 0.3 is 0 Å². The Morgan fingerprint density at radius 1 is 0.922 bits per heavy atom. The Morgan fingerprint density at radius 3 is 2.27 bits per heavy atom. The van der Waals surface area contributed by atoms with Gasteiger partial charge in [0, 0.05) is 52.2 Å². The van der Waals surface area contributed by atoms with E-state index >= 15 is 0 Å². The fraction of sp³-hybridized carbons (Fsp3) is 0.789. The van der Waals surface area contributed by atoms with E-state index in [-0.39, 0.29) is 73.5 Å². The van der Waals surface area contributed by atoms with Gasteiger partial charge in [-0.3, -0.25) is 28.8 Å². The van der Waals surface area contributed by atoms with Crippen molar-refractivity contribution in [2.24, 2.45) is 28.6 Å². The Morgan fingerprint density at radius 2 is 1.59 bits per heavy atom. The molecular weight excluding hydrogens is 652 g/mol. The van der Waals surface area contributed by atoms with Gasteiger partial charge in [-0.1, -0.05) is 24.6 Å². The first-order valence-corrected chi connectivity index (χ1v) is 18.8. The van der Waals surface area contributed by atoms with Gasteiger partial charge in [-0.05, 0) is 94.6 Å². The summed E-state index contributed by atoms with van der Waals surface area (Å²) in [4.78, 5) is 55.2. The summed E-state index contributed by atoms with van der Waals surface area (Å²) in [6.45, 7) is 8.36. The van der Waals surface area contributed by atoms with Crippen molar-refractivity contribution in [1.82, 2.24) is 29.7 Å². The molecule has 13 nitrogen and oxygen atoms in total. The molecule has 0 aromatic carbocycles. The molecular formula is C38H60N6O7. The topological polar surface area (TPSA) is 147 Å². The van der Waals surface area contributed by atoms with Gasteiger partial charge in [0.2, 0.25) is 11.8 Å². The molecule has 13 heteroatoms. The highest BCUT2D eigenvalue weighted by Crippen LogP contribution is 2.69. The van der Waals surface area contributed by atoms with Crippen LogP contribution in [0.3, 0.4) is 0 Å². The smallest absolute Gasteiger partial charge is 0.242 e. The Labute approximate surface area is 303 Å². The first-order chi connectivity index (χ1) is 24.3. The van der Waals surface area contributed by atoms with Crippen LogP contribution in [0.2, 0.25) is 0 Å². The largest absolute Gasteiger partial charge is 0.383 e. The lowest BCUT2D eigenvalue weighted by Crippen LogP contribution is -2.53. The first-order valence-electron chi connectivity index (χ1n) is 18.8. The summed E-state index contributed by atoms with van der Waals surface area (Å²) < 4.78 is 12.1. The number of nitrogens with zero attached hydrogens (tertiary/aromatic N) is 6. The van der Waals surface area contributed by atoms with E-state index in [1.165, 1.54) is 29.4 Å². The maximum absolute atomic E-state index is 13.3. The highest BCUT2D eigenvalue weighted by molar-refractivity contribution is 5.91. The van der Waals surface area contributed by atoms with E-state index in [1.807, 2.05) is 24.2 Å². The van der Waals surface area contributed by atoms with Crippen molar-refractivity contribution >= 4 is 23.4 Å². The summed E-state index contributed by atoms with van der Waals surface area (Å²) in [5, 5.41) is 21.3. The SMILES string of the molecule is COCCN(CC(C)=O)C(=O)CN(CCOC)C(=O)CN(C)CCCn1cc([C@]2(O)CCC3C4CCC5=CC(=O)CC[C@]5(C)C4CC[C@@]32C)nn1. The fourth-order valence-electron chi connectivity index (χ4n) is 10.0. The molecule has 6 atom stereocenters. The van der Waals surface area contributed by atoms with E-state index in [0.717, 1.165) is 38.5 Å². The molecule has 284 valence electrons. The van der Waals surface area contributed by atoms with Crippen LogP contribution in [0.4, 0.5) is 0 Å². The molecule has 3 saturated carbocycles. The molecule has 3 fully saturated rings. The van der Waals surface area contributed by atoms with Gasteiger partial charge in [-0.2, -0.15) is 0 Å². The van der Waals surface area contributed by atoms with Crippen LogP contribution in [-0.2, 0) is 40.8 Å². The average molecular weight is 713 g/mol. The van der Waals surface area contributed by atoms with Gasteiger partial charge in [0.25, 0.3) is 0 Å². The van der Waals surface area contributed by atoms with Crippen molar-refractivity contribution in [2.45, 2.75) is 90.7 Å². The van der Waals surface area contributed by atoms with Crippen molar-refractivity contribution in [3.63, 3.8) is 0 Å². The fourth-order valence-corrected chi connectivity index (χ4v) is 10.0. The number of likely N-dealkylation sites (N-methyl/N-ethyl adjacent to an activating group) is 1. The molecule has 2 amide bonds. The maximum atomic E-state index is 13.3. The lowest BCUT2D eigenvalue weighted by molar-refractivity contribution is -0.143. The van der Waals surface area contributed by atoms with Crippen LogP contribution in [0, 0.1) is 28.6 Å². The quantitative estimate of drug-likeness (QED) is 0.256. The number of fused-ring (bicyclic) bond motifs is 5. The van der Waals surface area contributed by atoms with E-state index in [0.29, 0.717) is 62.4 Å². The zero-order valence-corrected chi connectivity index (χ0v) is 31.7. The van der Waals surface area contributed by atoms with Crippen molar-refractivity contribution in [3.05, 3.63) is 23.5 Å². The number of hydrogen-bond acceptors (Lipinski definition) is 10. The van der Waals surface area contributed by atoms with Gasteiger partial charge in [0.05, 0.1) is 39.0 Å². The van der Waals surface area contributed by atoms with Crippen molar-refractivity contribution in [3.8, 4) is 0 Å². The summed E-state index contributed by atoms with van der Waals surface area (Å²) in [6, 6.07) is 0. The minimum absolute atomic E-state index is 0.0290. The van der Waals surface area contributed by atoms with E-state index < -0.39 is 5.60 Å². The molecule has 0 saturated heterocycles. The van der Waals surface area contributed by atoms with Crippen molar-refractivity contribution < 1.29 is 33.8 Å². The number of ether oxygens (including phenoxy) is 2. The van der Waals surface area contributed by atoms with Gasteiger partial charge in [0.15, 0.2) is 5.78 Å². The summed E-state index contributed by atoms with van der Waals surface area (Å²) in [5.74, 6) is 1.14. The van der Waals surface area contributed by atoms with Gasteiger partial charge in [0.1, 0.15) is 17.1 Å². The number of rotatable bonds is 17. The Bertz CT molecular complexity index is 1460. The Balaban J connectivity index is 1.15. The van der Waals surface area contributed by atoms with Gasteiger partial charge in [-0.25, -0.2) is 0 Å². The van der Waals surface area contributed by atoms with Crippen LogP contribution in [0.25, 0.3) is 0 Å². The summed E-state index contributed by atoms with van der Waals surface area (Å²) in [6.07, 6.45) is 11.9. The van der Waals surface area contributed by atoms with Crippen molar-refractivity contribution in [1.29, 1.82) is 0 Å². The van der Waals surface area contributed by atoms with Crippen LogP contribution in [0.1, 0.15) is 84.3 Å². The number of amides is 2. The lowest BCUT2D eigenvalue weighted by Gasteiger charge is -2.59. The van der Waals surface area contributed by atoms with Gasteiger partial charge < -0.3 is 24.4 Å². The van der Waals surface area contributed by atoms with E-state index in [1.54, 1.807) is 11.8 Å². The number of methoxy groups -OCH3 is 2. The molecule has 0 spiro atoms. The third-order valence-corrected chi connectivity index (χ3v) is 13.0. The number of aliphatic hydroxyl groups is 1. The second-order valence-electron chi connectivity index (χ2n) is 16.1. The van der Waals surface area contributed by atoms with Gasteiger partial charge in [-0.15, -0.1) is 5.10 Å². The molecule has 1 aromatic heterocycles. The van der Waals surface area contributed by atoms with Crippen LogP contribution >= 0.6 is 0 Å². The number of Topliss-reactive ketones (excluding diaryl/α,β-unsaturated/α-hetero) is 1. The normalized spacial score (nSPS) is 30.0. The van der Waals surface area contributed by atoms with Crippen LogP contribution < -0.4 is 0 Å². The second-order valence-corrected chi connectivity index (χ2v) is 16.1. The lowest BCUT2D eigenvalue weighted by atomic mass is 9.46. The monoisotopic (exact) mass is 712 g/mol. The molecule has 4 aliphatic rings. The summed E-state index contributed by atoms with van der Waals surface area (Å²) in [5.41, 5.74) is 0.806. The minimum atomic E-state index is -1.03. The molecule has 1 heterocycles. The standard InChI is InChI=1S/C38H60N6O7/c1-27(45)23-42(18-20-50-5)35(48)26-43(19-21-51-6)34(47)25-41(4)16-7-17-44-24-33(39-40-44)38(49)15-12-32-30-9-8-28-22-29(46)10-13-36(28,2)31(30)11-14-37(32,38)3/h22,24,30-32,49H,7-21,23,25-26H2,1-6H3/t30?,31?,32?,36-,37-,38+/m0/s1. The highest BCUT2D eigenvalue weighted by atomic mass is 16.5. The number of aryl methyl sites for hydroxylation is 1. The summed E-state index contributed by atoms with van der Waals surface area (Å²) in [7, 11) is 4.95. The molecule has 1 N–H and O–H groups in total. The van der Waals surface area contributed by atoms with Crippen LogP contribution in [0.15, 0.2) is 17.8 Å². The second kappa shape index (κ2) is 16.3. The van der Waals surface area contributed by atoms with Crippen molar-refractivity contribution in [2.75, 3.05) is 73.7 Å². The molecule has 3 unspecified atom stereocenters. The predicted molar refractivity (Wildman–Crippen MR) is 190 cm³/mol. The first kappa shape index (κ1) is 39.2. The van der Waals surface area contributed by atoms with Crippen LogP contribution in [0.5, 0.6) is 0 Å².